The molecule has 4 nitrogen and oxygen atoms in total. The molecule has 0 bridgehead atoms. The van der Waals surface area contributed by atoms with Gasteiger partial charge in [-0.1, -0.05) is 0 Å². The predicted octanol–water partition coefficient (Wildman–Crippen LogP) is 0.865. The third-order valence-corrected chi connectivity index (χ3v) is 2.29. The fourth-order valence-corrected chi connectivity index (χ4v) is 1.55. The number of esters is 1. The number of ether oxygens (including phenoxy) is 2. The van der Waals surface area contributed by atoms with E-state index in [9.17, 15) is 4.79 Å². The van der Waals surface area contributed by atoms with Crippen LogP contribution in [0.5, 0.6) is 5.75 Å². The number of carbonyl (C=O) groups excluding carboxylic acids is 1. The summed E-state index contributed by atoms with van der Waals surface area (Å²) in [5.74, 6) is 0.401. The molecule has 0 amide bonds. The first kappa shape index (κ1) is 9.02. The maximum absolute atomic E-state index is 11.3. The lowest BCUT2D eigenvalue weighted by Crippen LogP contribution is -2.11. The minimum Gasteiger partial charge on any atom is -0.497 e. The molecule has 0 saturated carbocycles. The number of hydrogen-bond donors (Lipinski definition) is 1. The highest BCUT2D eigenvalue weighted by Gasteiger charge is 2.30. The summed E-state index contributed by atoms with van der Waals surface area (Å²) in [5.41, 5.74) is 6.89. The first-order valence-corrected chi connectivity index (χ1v) is 4.35. The van der Waals surface area contributed by atoms with E-state index in [1.165, 1.54) is 0 Å². The summed E-state index contributed by atoms with van der Waals surface area (Å²) < 4.78 is 10.1. The number of nitrogens with two attached hydrogens (primary N) is 1. The van der Waals surface area contributed by atoms with Crippen molar-refractivity contribution >= 4 is 5.97 Å². The van der Waals surface area contributed by atoms with Gasteiger partial charge in [-0.05, 0) is 18.2 Å². The van der Waals surface area contributed by atoms with Gasteiger partial charge in [0.05, 0.1) is 12.7 Å². The summed E-state index contributed by atoms with van der Waals surface area (Å²) in [6.07, 6.45) is -0.326. The van der Waals surface area contributed by atoms with Crippen LogP contribution >= 0.6 is 0 Å². The molecule has 0 spiro atoms. The fraction of sp³-hybridized carbons (Fsp3) is 0.300. The van der Waals surface area contributed by atoms with Crippen LogP contribution in [0.2, 0.25) is 0 Å². The van der Waals surface area contributed by atoms with Gasteiger partial charge >= 0.3 is 5.97 Å². The van der Waals surface area contributed by atoms with Crippen molar-refractivity contribution in [2.45, 2.75) is 6.10 Å². The van der Waals surface area contributed by atoms with Gasteiger partial charge in [0.1, 0.15) is 11.9 Å². The second kappa shape index (κ2) is 3.31. The molecule has 0 fully saturated rings. The van der Waals surface area contributed by atoms with Crippen molar-refractivity contribution in [3.05, 3.63) is 29.3 Å². The number of fused-ring (bicyclic) bond motifs is 1. The van der Waals surface area contributed by atoms with Crippen molar-refractivity contribution in [1.29, 1.82) is 0 Å². The standard InChI is InChI=1S/C10H11NO3/c1-13-6-2-3-7-8(4-6)9(5-11)14-10(7)12/h2-4,9H,5,11H2,1H3/t9-/m0/s1. The lowest BCUT2D eigenvalue weighted by Gasteiger charge is -2.07. The molecule has 0 saturated heterocycles. The SMILES string of the molecule is COc1ccc2c(c1)[C@H](CN)OC2=O. The molecule has 14 heavy (non-hydrogen) atoms. The monoisotopic (exact) mass is 193 g/mol. The first-order valence-electron chi connectivity index (χ1n) is 4.35. The van der Waals surface area contributed by atoms with E-state index in [2.05, 4.69) is 0 Å². The van der Waals surface area contributed by atoms with Crippen LogP contribution in [0.4, 0.5) is 0 Å². The average molecular weight is 193 g/mol. The Morgan fingerprint density at radius 3 is 3.00 bits per heavy atom. The molecule has 1 aliphatic rings. The molecule has 74 valence electrons. The number of rotatable bonds is 2. The molecule has 0 aromatic heterocycles. The topological polar surface area (TPSA) is 61.6 Å². The predicted molar refractivity (Wildman–Crippen MR) is 50.2 cm³/mol. The van der Waals surface area contributed by atoms with Gasteiger partial charge in [-0.3, -0.25) is 0 Å². The molecule has 2 N–H and O–H groups in total. The van der Waals surface area contributed by atoms with Crippen LogP contribution in [0.1, 0.15) is 22.0 Å². The van der Waals surface area contributed by atoms with E-state index in [-0.39, 0.29) is 12.1 Å². The summed E-state index contributed by atoms with van der Waals surface area (Å²) in [7, 11) is 1.58. The summed E-state index contributed by atoms with van der Waals surface area (Å²) in [6.45, 7) is 0.298. The molecule has 1 aromatic carbocycles. The molecule has 1 atom stereocenters. The van der Waals surface area contributed by atoms with E-state index in [1.54, 1.807) is 25.3 Å². The Bertz CT molecular complexity index is 376. The molecular weight excluding hydrogens is 182 g/mol. The van der Waals surface area contributed by atoms with Crippen molar-refractivity contribution < 1.29 is 14.3 Å². The van der Waals surface area contributed by atoms with Gasteiger partial charge in [0.2, 0.25) is 0 Å². The Morgan fingerprint density at radius 1 is 1.57 bits per heavy atom. The highest BCUT2D eigenvalue weighted by Crippen LogP contribution is 2.32. The first-order chi connectivity index (χ1) is 6.76. The van der Waals surface area contributed by atoms with Crippen LogP contribution in [0.25, 0.3) is 0 Å². The second-order valence-corrected chi connectivity index (χ2v) is 3.08. The summed E-state index contributed by atoms with van der Waals surface area (Å²) in [4.78, 5) is 11.3. The Morgan fingerprint density at radius 2 is 2.36 bits per heavy atom. The Hall–Kier alpha value is -1.55. The second-order valence-electron chi connectivity index (χ2n) is 3.08. The van der Waals surface area contributed by atoms with Crippen LogP contribution in [0, 0.1) is 0 Å². The van der Waals surface area contributed by atoms with E-state index in [0.29, 0.717) is 17.9 Å². The molecule has 1 heterocycles. The maximum atomic E-state index is 11.3. The van der Waals surface area contributed by atoms with Crippen molar-refractivity contribution in [2.24, 2.45) is 5.73 Å². The zero-order chi connectivity index (χ0) is 10.1. The van der Waals surface area contributed by atoms with E-state index >= 15 is 0 Å². The van der Waals surface area contributed by atoms with Gasteiger partial charge < -0.3 is 15.2 Å². The number of benzene rings is 1. The summed E-state index contributed by atoms with van der Waals surface area (Å²) in [5, 5.41) is 0. The molecular formula is C10H11NO3. The minimum absolute atomic E-state index is 0.298. The van der Waals surface area contributed by atoms with Crippen LogP contribution in [-0.2, 0) is 4.74 Å². The molecule has 0 unspecified atom stereocenters. The van der Waals surface area contributed by atoms with Crippen LogP contribution < -0.4 is 10.5 Å². The Balaban J connectivity index is 2.47. The number of cyclic esters (lactones) is 1. The van der Waals surface area contributed by atoms with Crippen molar-refractivity contribution in [3.63, 3.8) is 0 Å². The van der Waals surface area contributed by atoms with E-state index in [4.69, 9.17) is 15.2 Å². The smallest absolute Gasteiger partial charge is 0.339 e. The van der Waals surface area contributed by atoms with E-state index in [0.717, 1.165) is 5.56 Å². The maximum Gasteiger partial charge on any atom is 0.339 e. The van der Waals surface area contributed by atoms with E-state index < -0.39 is 0 Å². The number of hydrogen-bond acceptors (Lipinski definition) is 4. The van der Waals surface area contributed by atoms with E-state index in [1.807, 2.05) is 0 Å². The summed E-state index contributed by atoms with van der Waals surface area (Å²) >= 11 is 0. The lowest BCUT2D eigenvalue weighted by molar-refractivity contribution is 0.0402. The third-order valence-electron chi connectivity index (χ3n) is 2.29. The van der Waals surface area contributed by atoms with Gasteiger partial charge in [0.15, 0.2) is 0 Å². The van der Waals surface area contributed by atoms with Crippen LogP contribution in [0.3, 0.4) is 0 Å². The van der Waals surface area contributed by atoms with Crippen molar-refractivity contribution in [3.8, 4) is 5.75 Å². The largest absolute Gasteiger partial charge is 0.497 e. The number of methoxy groups -OCH3 is 1. The van der Waals surface area contributed by atoms with Crippen molar-refractivity contribution in [2.75, 3.05) is 13.7 Å². The molecule has 2 rings (SSSR count). The van der Waals surface area contributed by atoms with Gasteiger partial charge in [-0.2, -0.15) is 0 Å². The normalized spacial score (nSPS) is 19.0. The molecule has 1 aliphatic heterocycles. The zero-order valence-corrected chi connectivity index (χ0v) is 7.82. The number of carbonyl (C=O) groups is 1. The van der Waals surface area contributed by atoms with Crippen LogP contribution in [0.15, 0.2) is 18.2 Å². The third kappa shape index (κ3) is 1.24. The van der Waals surface area contributed by atoms with Gasteiger partial charge in [-0.15, -0.1) is 0 Å². The van der Waals surface area contributed by atoms with Gasteiger partial charge in [0.25, 0.3) is 0 Å². The fourth-order valence-electron chi connectivity index (χ4n) is 1.55. The Kier molecular flexibility index (Phi) is 2.13. The quantitative estimate of drug-likeness (QED) is 0.708. The van der Waals surface area contributed by atoms with Gasteiger partial charge in [-0.25, -0.2) is 4.79 Å². The Labute approximate surface area is 81.6 Å². The molecule has 0 aliphatic carbocycles. The van der Waals surface area contributed by atoms with Crippen molar-refractivity contribution in [1.82, 2.24) is 0 Å². The van der Waals surface area contributed by atoms with Crippen LogP contribution in [-0.4, -0.2) is 19.6 Å². The molecule has 0 radical (unpaired) electrons. The average Bonchev–Trinajstić information content (AvgIpc) is 2.55. The highest BCUT2D eigenvalue weighted by atomic mass is 16.5. The molecule has 4 heteroatoms. The minimum atomic E-state index is -0.326. The summed E-state index contributed by atoms with van der Waals surface area (Å²) in [6, 6.07) is 5.23. The van der Waals surface area contributed by atoms with Gasteiger partial charge in [0, 0.05) is 12.1 Å². The highest BCUT2D eigenvalue weighted by molar-refractivity contribution is 5.94. The zero-order valence-electron chi connectivity index (χ0n) is 7.82. The molecule has 1 aromatic rings. The lowest BCUT2D eigenvalue weighted by atomic mass is 10.0.